The maximum absolute atomic E-state index is 12.4. The van der Waals surface area contributed by atoms with Crippen molar-refractivity contribution in [3.63, 3.8) is 0 Å². The number of halogens is 1. The minimum Gasteiger partial charge on any atom is -0.507 e. The lowest BCUT2D eigenvalue weighted by Crippen LogP contribution is -2.03. The van der Waals surface area contributed by atoms with E-state index in [0.29, 0.717) is 27.9 Å². The van der Waals surface area contributed by atoms with Gasteiger partial charge in [0, 0.05) is 17.0 Å². The Morgan fingerprint density at radius 3 is 2.57 bits per heavy atom. The van der Waals surface area contributed by atoms with Gasteiger partial charge in [0.15, 0.2) is 0 Å². The highest BCUT2D eigenvalue weighted by atomic mass is 35.5. The molecule has 0 amide bonds. The molecule has 28 heavy (non-hydrogen) atoms. The average Bonchev–Trinajstić information content (AvgIpc) is 3.03. The van der Waals surface area contributed by atoms with E-state index >= 15 is 0 Å². The molecule has 1 N–H and O–H groups in total. The Kier molecular flexibility index (Phi) is 4.73. The molecule has 1 heterocycles. The maximum Gasteiger partial charge on any atom is 0.338 e. The molecule has 0 radical (unpaired) electrons. The van der Waals surface area contributed by atoms with Crippen LogP contribution in [-0.2, 0) is 17.7 Å². The lowest BCUT2D eigenvalue weighted by atomic mass is 10.0. The molecular weight excluding hydrogens is 374 g/mol. The van der Waals surface area contributed by atoms with Gasteiger partial charge in [0.2, 0.25) is 0 Å². The molecule has 0 unspecified atom stereocenters. The third kappa shape index (κ3) is 2.90. The van der Waals surface area contributed by atoms with Crippen LogP contribution >= 0.6 is 11.6 Å². The third-order valence-corrected chi connectivity index (χ3v) is 5.50. The number of aromatic nitrogens is 1. The molecule has 4 nitrogen and oxygen atoms in total. The van der Waals surface area contributed by atoms with Crippen LogP contribution in [0.25, 0.3) is 21.8 Å². The summed E-state index contributed by atoms with van der Waals surface area (Å²) in [4.78, 5) is 12.4. The Balaban J connectivity index is 2.11. The molecule has 5 heteroatoms. The summed E-state index contributed by atoms with van der Waals surface area (Å²) >= 11 is 6.40. The maximum atomic E-state index is 12.4. The zero-order chi connectivity index (χ0) is 19.8. The van der Waals surface area contributed by atoms with Crippen molar-refractivity contribution >= 4 is 39.4 Å². The van der Waals surface area contributed by atoms with Gasteiger partial charge in [-0.2, -0.15) is 0 Å². The summed E-state index contributed by atoms with van der Waals surface area (Å²) in [6.07, 6.45) is 0.793. The molecule has 3 aromatic carbocycles. The number of hydrogen-bond acceptors (Lipinski definition) is 3. The normalized spacial score (nSPS) is 11.2. The summed E-state index contributed by atoms with van der Waals surface area (Å²) in [5.74, 6) is -0.269. The van der Waals surface area contributed by atoms with Gasteiger partial charge in [-0.3, -0.25) is 0 Å². The van der Waals surface area contributed by atoms with E-state index in [9.17, 15) is 9.90 Å². The van der Waals surface area contributed by atoms with Gasteiger partial charge in [0.25, 0.3) is 0 Å². The number of phenols is 1. The van der Waals surface area contributed by atoms with E-state index in [-0.39, 0.29) is 5.75 Å². The quantitative estimate of drug-likeness (QED) is 0.462. The minimum absolute atomic E-state index is 0.161. The number of aromatic hydroxyl groups is 1. The van der Waals surface area contributed by atoms with Crippen LogP contribution in [-0.4, -0.2) is 22.8 Å². The summed E-state index contributed by atoms with van der Waals surface area (Å²) in [7, 11) is 1.36. The summed E-state index contributed by atoms with van der Waals surface area (Å²) in [6.45, 7) is 2.57. The predicted octanol–water partition coefficient (Wildman–Crippen LogP) is 5.55. The Morgan fingerprint density at radius 1 is 1.07 bits per heavy atom. The zero-order valence-corrected chi connectivity index (χ0v) is 16.5. The van der Waals surface area contributed by atoms with Crippen LogP contribution in [0.3, 0.4) is 0 Å². The van der Waals surface area contributed by atoms with E-state index in [1.54, 1.807) is 12.1 Å². The van der Waals surface area contributed by atoms with Crippen LogP contribution in [0.15, 0.2) is 54.6 Å². The number of carbonyl (C=O) groups excluding carboxylic acids is 1. The van der Waals surface area contributed by atoms with E-state index in [1.165, 1.54) is 7.11 Å². The Hall–Kier alpha value is -2.98. The molecule has 0 atom stereocenters. The number of aryl methyl sites for hydroxylation is 1. The number of nitrogens with zero attached hydrogens (tertiary/aromatic N) is 1. The first-order valence-electron chi connectivity index (χ1n) is 9.13. The molecule has 142 valence electrons. The second-order valence-electron chi connectivity index (χ2n) is 6.73. The van der Waals surface area contributed by atoms with E-state index in [4.69, 9.17) is 16.3 Å². The van der Waals surface area contributed by atoms with Crippen molar-refractivity contribution in [2.75, 3.05) is 7.11 Å². The first-order valence-corrected chi connectivity index (χ1v) is 9.51. The number of benzene rings is 3. The summed E-state index contributed by atoms with van der Waals surface area (Å²) in [5, 5.41) is 12.8. The minimum atomic E-state index is -0.429. The number of phenolic OH excluding ortho intramolecular Hbond substituents is 1. The predicted molar refractivity (Wildman–Crippen MR) is 112 cm³/mol. The van der Waals surface area contributed by atoms with Crippen LogP contribution in [0.4, 0.5) is 0 Å². The van der Waals surface area contributed by atoms with Crippen LogP contribution in [0.2, 0.25) is 5.02 Å². The molecule has 4 rings (SSSR count). The Labute approximate surface area is 167 Å². The number of hydrogen-bond donors (Lipinski definition) is 1. The van der Waals surface area contributed by atoms with Gasteiger partial charge < -0.3 is 14.4 Å². The lowest BCUT2D eigenvalue weighted by molar-refractivity contribution is 0.0603. The van der Waals surface area contributed by atoms with Crippen molar-refractivity contribution in [1.82, 2.24) is 4.57 Å². The number of ether oxygens (including phenoxy) is 1. The number of carbonyl (C=O) groups is 1. The van der Waals surface area contributed by atoms with Gasteiger partial charge in [-0.05, 0) is 47.9 Å². The van der Waals surface area contributed by atoms with Gasteiger partial charge in [0.1, 0.15) is 5.75 Å². The summed E-state index contributed by atoms with van der Waals surface area (Å²) in [5.41, 5.74) is 4.13. The highest BCUT2D eigenvalue weighted by Crippen LogP contribution is 2.39. The van der Waals surface area contributed by atoms with Crippen molar-refractivity contribution < 1.29 is 14.6 Å². The first-order chi connectivity index (χ1) is 13.5. The lowest BCUT2D eigenvalue weighted by Gasteiger charge is -2.10. The van der Waals surface area contributed by atoms with E-state index < -0.39 is 5.97 Å². The molecular formula is C23H20ClNO3. The second-order valence-corrected chi connectivity index (χ2v) is 7.14. The fourth-order valence-electron chi connectivity index (χ4n) is 3.75. The van der Waals surface area contributed by atoms with Crippen molar-refractivity contribution in [1.29, 1.82) is 0 Å². The molecule has 0 aliphatic carbocycles. The van der Waals surface area contributed by atoms with Crippen molar-refractivity contribution in [2.24, 2.45) is 0 Å². The number of rotatable bonds is 4. The SMILES string of the molecule is CCc1cc(O)c2c3c(C(=O)OC)cccc3n(Cc3ccccc3Cl)c2c1. The van der Waals surface area contributed by atoms with Gasteiger partial charge in [-0.25, -0.2) is 4.79 Å². The topological polar surface area (TPSA) is 51.5 Å². The smallest absolute Gasteiger partial charge is 0.338 e. The van der Waals surface area contributed by atoms with E-state index in [2.05, 4.69) is 10.6 Å². The molecule has 0 spiro atoms. The molecule has 4 aromatic rings. The van der Waals surface area contributed by atoms with Crippen molar-refractivity contribution in [2.45, 2.75) is 19.9 Å². The molecule has 0 fully saturated rings. The third-order valence-electron chi connectivity index (χ3n) is 5.13. The molecule has 0 saturated carbocycles. The van der Waals surface area contributed by atoms with Gasteiger partial charge >= 0.3 is 5.97 Å². The fraction of sp³-hybridized carbons (Fsp3) is 0.174. The van der Waals surface area contributed by atoms with E-state index in [0.717, 1.165) is 28.6 Å². The number of fused-ring (bicyclic) bond motifs is 3. The second kappa shape index (κ2) is 7.21. The van der Waals surface area contributed by atoms with Crippen molar-refractivity contribution in [3.05, 3.63) is 76.3 Å². The summed E-state index contributed by atoms with van der Waals surface area (Å²) in [6, 6.07) is 17.0. The fourth-order valence-corrected chi connectivity index (χ4v) is 3.94. The molecule has 0 bridgehead atoms. The monoisotopic (exact) mass is 393 g/mol. The Morgan fingerprint density at radius 2 is 1.86 bits per heavy atom. The highest BCUT2D eigenvalue weighted by molar-refractivity contribution is 6.31. The van der Waals surface area contributed by atoms with Gasteiger partial charge in [-0.15, -0.1) is 0 Å². The molecule has 0 aliphatic rings. The first kappa shape index (κ1) is 18.4. The van der Waals surface area contributed by atoms with Crippen LogP contribution in [0.1, 0.15) is 28.4 Å². The van der Waals surface area contributed by atoms with Crippen LogP contribution in [0, 0.1) is 0 Å². The average molecular weight is 394 g/mol. The van der Waals surface area contributed by atoms with Crippen LogP contribution in [0.5, 0.6) is 5.75 Å². The summed E-state index contributed by atoms with van der Waals surface area (Å²) < 4.78 is 7.07. The molecule has 0 saturated heterocycles. The van der Waals surface area contributed by atoms with Crippen LogP contribution < -0.4 is 0 Å². The Bertz CT molecular complexity index is 1210. The van der Waals surface area contributed by atoms with Gasteiger partial charge in [0.05, 0.1) is 29.1 Å². The standard InChI is InChI=1S/C23H20ClNO3/c1-3-14-11-19-22(20(26)12-14)21-16(23(27)28-2)8-6-10-18(21)25(19)13-15-7-4-5-9-17(15)24/h4-12,26H,3,13H2,1-2H3. The number of methoxy groups -OCH3 is 1. The largest absolute Gasteiger partial charge is 0.507 e. The van der Waals surface area contributed by atoms with E-state index in [1.807, 2.05) is 43.3 Å². The number of esters is 1. The van der Waals surface area contributed by atoms with Crippen molar-refractivity contribution in [3.8, 4) is 5.75 Å². The molecule has 0 aliphatic heterocycles. The highest BCUT2D eigenvalue weighted by Gasteiger charge is 2.21. The van der Waals surface area contributed by atoms with Gasteiger partial charge in [-0.1, -0.05) is 42.8 Å². The molecule has 1 aromatic heterocycles. The zero-order valence-electron chi connectivity index (χ0n) is 15.7.